The van der Waals surface area contributed by atoms with Crippen LogP contribution in [0.25, 0.3) is 0 Å². The molecule has 0 unspecified atom stereocenters. The van der Waals surface area contributed by atoms with E-state index in [0.29, 0.717) is 11.1 Å². The molecule has 10 heteroatoms. The van der Waals surface area contributed by atoms with E-state index < -0.39 is 47.6 Å². The molecule has 7 nitrogen and oxygen atoms in total. The zero-order valence-corrected chi connectivity index (χ0v) is 18.9. The number of alkyl halides is 3. The van der Waals surface area contributed by atoms with Gasteiger partial charge in [-0.25, -0.2) is 0 Å². The number of amides is 3. The van der Waals surface area contributed by atoms with Crippen LogP contribution in [-0.4, -0.2) is 35.0 Å². The van der Waals surface area contributed by atoms with Gasteiger partial charge in [-0.1, -0.05) is 66.7 Å². The molecule has 3 aromatic rings. The lowest BCUT2D eigenvalue weighted by Gasteiger charge is -2.26. The fraction of sp³-hybridized carbons (Fsp3) is 0.192. The standard InChI is InChI=1S/C26H24F3N3O4/c27-26(28,29)19-13-7-8-16(14-19)15-20(23(30)34)31-25(36)22(33)21(17-9-3-1-4-10-17)32-24(35)18-11-5-2-6-12-18/h1-14,20-22,33H,15H2,(H2,30,34)(H,31,36)(H,32,35)/t20-,21-,22+/m0/s1. The second-order valence-electron chi connectivity index (χ2n) is 8.04. The van der Waals surface area contributed by atoms with Crippen LogP contribution in [0.1, 0.15) is 33.1 Å². The molecule has 0 radical (unpaired) electrons. The number of hydrogen-bond acceptors (Lipinski definition) is 4. The van der Waals surface area contributed by atoms with Crippen LogP contribution in [0.4, 0.5) is 13.2 Å². The Morgan fingerprint density at radius 3 is 2.06 bits per heavy atom. The van der Waals surface area contributed by atoms with Crippen molar-refractivity contribution in [2.45, 2.75) is 30.8 Å². The Kier molecular flexibility index (Phi) is 8.44. The summed E-state index contributed by atoms with van der Waals surface area (Å²) < 4.78 is 39.1. The summed E-state index contributed by atoms with van der Waals surface area (Å²) in [6, 6.07) is 18.0. The minimum absolute atomic E-state index is 0.111. The van der Waals surface area contributed by atoms with E-state index in [1.54, 1.807) is 60.7 Å². The first kappa shape index (κ1) is 26.4. The summed E-state index contributed by atoms with van der Waals surface area (Å²) in [5.41, 5.74) is 5.28. The number of primary amides is 1. The number of carbonyl (C=O) groups is 3. The van der Waals surface area contributed by atoms with Gasteiger partial charge >= 0.3 is 6.18 Å². The number of halogens is 3. The number of hydrogen-bond donors (Lipinski definition) is 4. The van der Waals surface area contributed by atoms with Crippen LogP contribution in [0.5, 0.6) is 0 Å². The molecule has 0 bridgehead atoms. The summed E-state index contributed by atoms with van der Waals surface area (Å²) in [5.74, 6) is -2.59. The van der Waals surface area contributed by atoms with E-state index in [4.69, 9.17) is 5.73 Å². The predicted octanol–water partition coefficient (Wildman–Crippen LogP) is 2.75. The highest BCUT2D eigenvalue weighted by atomic mass is 19.4. The Balaban J connectivity index is 1.79. The number of rotatable bonds is 9. The van der Waals surface area contributed by atoms with Crippen molar-refractivity contribution in [2.75, 3.05) is 0 Å². The maximum Gasteiger partial charge on any atom is 0.416 e. The molecule has 3 aromatic carbocycles. The van der Waals surface area contributed by atoms with Crippen molar-refractivity contribution in [3.8, 4) is 0 Å². The minimum Gasteiger partial charge on any atom is -0.381 e. The lowest BCUT2D eigenvalue weighted by atomic mass is 9.98. The van der Waals surface area contributed by atoms with Gasteiger partial charge < -0.3 is 21.5 Å². The van der Waals surface area contributed by atoms with Crippen LogP contribution >= 0.6 is 0 Å². The van der Waals surface area contributed by atoms with Crippen LogP contribution in [0, 0.1) is 0 Å². The fourth-order valence-corrected chi connectivity index (χ4v) is 3.56. The maximum atomic E-state index is 13.0. The van der Waals surface area contributed by atoms with E-state index >= 15 is 0 Å². The molecule has 0 aliphatic rings. The molecule has 0 saturated heterocycles. The minimum atomic E-state index is -4.59. The van der Waals surface area contributed by atoms with Crippen molar-refractivity contribution in [1.29, 1.82) is 0 Å². The van der Waals surface area contributed by atoms with Crippen molar-refractivity contribution in [3.63, 3.8) is 0 Å². The smallest absolute Gasteiger partial charge is 0.381 e. The molecule has 3 atom stereocenters. The maximum absolute atomic E-state index is 13.0. The number of nitrogens with one attached hydrogen (secondary N) is 2. The van der Waals surface area contributed by atoms with E-state index in [1.165, 1.54) is 12.1 Å². The monoisotopic (exact) mass is 499 g/mol. The molecule has 0 heterocycles. The third kappa shape index (κ3) is 6.92. The van der Waals surface area contributed by atoms with Gasteiger partial charge in [0, 0.05) is 12.0 Å². The van der Waals surface area contributed by atoms with Crippen molar-refractivity contribution < 1.29 is 32.7 Å². The van der Waals surface area contributed by atoms with Gasteiger partial charge in [-0.05, 0) is 29.3 Å². The Hall–Kier alpha value is -4.18. The lowest BCUT2D eigenvalue weighted by Crippen LogP contribution is -2.52. The SMILES string of the molecule is NC(=O)[C@H](Cc1cccc(C(F)(F)F)c1)NC(=O)[C@H](O)[C@@H](NC(=O)c1ccccc1)c1ccccc1. The topological polar surface area (TPSA) is 122 Å². The number of aliphatic hydroxyl groups excluding tert-OH is 1. The molecule has 0 saturated carbocycles. The molecule has 0 fully saturated rings. The summed E-state index contributed by atoms with van der Waals surface area (Å²) in [7, 11) is 0. The lowest BCUT2D eigenvalue weighted by molar-refractivity contribution is -0.137. The van der Waals surface area contributed by atoms with E-state index in [1.807, 2.05) is 0 Å². The van der Waals surface area contributed by atoms with Gasteiger partial charge in [0.15, 0.2) is 6.10 Å². The summed E-state index contributed by atoms with van der Waals surface area (Å²) >= 11 is 0. The molecular formula is C26H24F3N3O4. The first-order valence-electron chi connectivity index (χ1n) is 10.9. The highest BCUT2D eigenvalue weighted by Crippen LogP contribution is 2.29. The molecule has 3 rings (SSSR count). The van der Waals surface area contributed by atoms with Gasteiger partial charge in [0.25, 0.3) is 11.8 Å². The third-order valence-corrected chi connectivity index (χ3v) is 5.42. The molecule has 0 aliphatic heterocycles. The van der Waals surface area contributed by atoms with E-state index in [9.17, 15) is 32.7 Å². The van der Waals surface area contributed by atoms with Gasteiger partial charge in [0.2, 0.25) is 5.91 Å². The molecule has 0 aromatic heterocycles. The van der Waals surface area contributed by atoms with Crippen molar-refractivity contribution in [2.24, 2.45) is 5.73 Å². The van der Waals surface area contributed by atoms with E-state index in [2.05, 4.69) is 10.6 Å². The van der Waals surface area contributed by atoms with Crippen molar-refractivity contribution in [3.05, 3.63) is 107 Å². The first-order valence-corrected chi connectivity index (χ1v) is 10.9. The highest BCUT2D eigenvalue weighted by molar-refractivity contribution is 5.95. The second kappa shape index (κ2) is 11.5. The van der Waals surface area contributed by atoms with Crippen LogP contribution < -0.4 is 16.4 Å². The van der Waals surface area contributed by atoms with Gasteiger partial charge in [-0.15, -0.1) is 0 Å². The Bertz CT molecular complexity index is 1200. The quantitative estimate of drug-likeness (QED) is 0.362. The van der Waals surface area contributed by atoms with Crippen LogP contribution in [0.15, 0.2) is 84.9 Å². The molecular weight excluding hydrogens is 475 g/mol. The Morgan fingerprint density at radius 2 is 1.47 bits per heavy atom. The molecule has 0 spiro atoms. The average molecular weight is 499 g/mol. The van der Waals surface area contributed by atoms with Crippen LogP contribution in [-0.2, 0) is 22.2 Å². The van der Waals surface area contributed by atoms with Crippen molar-refractivity contribution in [1.82, 2.24) is 10.6 Å². The summed E-state index contributed by atoms with van der Waals surface area (Å²) in [6.07, 6.45) is -6.76. The van der Waals surface area contributed by atoms with Gasteiger partial charge in [0.1, 0.15) is 6.04 Å². The van der Waals surface area contributed by atoms with Crippen LogP contribution in [0.2, 0.25) is 0 Å². The molecule has 0 aliphatic carbocycles. The molecule has 188 valence electrons. The number of nitrogens with two attached hydrogens (primary N) is 1. The van der Waals surface area contributed by atoms with Crippen LogP contribution in [0.3, 0.4) is 0 Å². The molecule has 36 heavy (non-hydrogen) atoms. The summed E-state index contributed by atoms with van der Waals surface area (Å²) in [5, 5.41) is 15.8. The predicted molar refractivity (Wildman–Crippen MR) is 125 cm³/mol. The number of benzene rings is 3. The Morgan fingerprint density at radius 1 is 0.861 bits per heavy atom. The molecule has 3 amide bonds. The van der Waals surface area contributed by atoms with Gasteiger partial charge in [-0.2, -0.15) is 13.2 Å². The highest BCUT2D eigenvalue weighted by Gasteiger charge is 2.33. The van der Waals surface area contributed by atoms with E-state index in [-0.39, 0.29) is 12.0 Å². The largest absolute Gasteiger partial charge is 0.416 e. The number of aliphatic hydroxyl groups is 1. The first-order chi connectivity index (χ1) is 17.1. The van der Waals surface area contributed by atoms with Gasteiger partial charge in [-0.3, -0.25) is 14.4 Å². The number of carbonyl (C=O) groups excluding carboxylic acids is 3. The zero-order valence-electron chi connectivity index (χ0n) is 18.9. The Labute approximate surface area is 205 Å². The third-order valence-electron chi connectivity index (χ3n) is 5.42. The average Bonchev–Trinajstić information content (AvgIpc) is 2.87. The van der Waals surface area contributed by atoms with Gasteiger partial charge in [0.05, 0.1) is 11.6 Å². The summed E-state index contributed by atoms with van der Waals surface area (Å²) in [4.78, 5) is 37.6. The van der Waals surface area contributed by atoms with Crippen molar-refractivity contribution >= 4 is 17.7 Å². The van der Waals surface area contributed by atoms with E-state index in [0.717, 1.165) is 12.1 Å². The summed E-state index contributed by atoms with van der Waals surface area (Å²) in [6.45, 7) is 0. The molecule has 5 N–H and O–H groups in total. The second-order valence-corrected chi connectivity index (χ2v) is 8.04. The fourth-order valence-electron chi connectivity index (χ4n) is 3.56. The zero-order chi connectivity index (χ0) is 26.3. The normalized spacial score (nSPS) is 13.8.